The van der Waals surface area contributed by atoms with Crippen molar-refractivity contribution in [3.8, 4) is 11.3 Å². The molecule has 0 radical (unpaired) electrons. The minimum Gasteiger partial charge on any atom is -0.322 e. The molecular formula is C16H21Cl2N3O3S. The van der Waals surface area contributed by atoms with Crippen LogP contribution in [0.3, 0.4) is 0 Å². The summed E-state index contributed by atoms with van der Waals surface area (Å²) in [6.07, 6.45) is 0. The number of alkyl halides is 1. The third-order valence-corrected chi connectivity index (χ3v) is 5.23. The quantitative estimate of drug-likeness (QED) is 0.690. The van der Waals surface area contributed by atoms with E-state index in [1.807, 2.05) is 19.0 Å². The van der Waals surface area contributed by atoms with E-state index >= 15 is 0 Å². The lowest BCUT2D eigenvalue weighted by Gasteiger charge is -2.11. The highest BCUT2D eigenvalue weighted by Gasteiger charge is 2.13. The molecule has 2 aromatic rings. The van der Waals surface area contributed by atoms with Crippen LogP contribution in [0.2, 0.25) is 0 Å². The second-order valence-electron chi connectivity index (χ2n) is 5.59. The number of hydrogen-bond acceptors (Lipinski definition) is 4. The smallest absolute Gasteiger partial charge is 0.252 e. The van der Waals surface area contributed by atoms with Crippen molar-refractivity contribution in [1.82, 2.24) is 14.6 Å². The van der Waals surface area contributed by atoms with Gasteiger partial charge in [0.25, 0.3) is 5.56 Å². The van der Waals surface area contributed by atoms with Gasteiger partial charge in [0.15, 0.2) is 0 Å². The summed E-state index contributed by atoms with van der Waals surface area (Å²) in [6, 6.07) is 9.76. The average Bonchev–Trinajstić information content (AvgIpc) is 2.54. The van der Waals surface area contributed by atoms with Crippen LogP contribution in [0.25, 0.3) is 11.3 Å². The SMILES string of the molecule is CN(C)CCNS(=O)(=O)c1ccc(-c2ccc(CCl)c(=O)[nH]2)cc1.Cl. The molecular weight excluding hydrogens is 385 g/mol. The van der Waals surface area contributed by atoms with Crippen molar-refractivity contribution in [1.29, 1.82) is 0 Å². The highest BCUT2D eigenvalue weighted by molar-refractivity contribution is 7.89. The van der Waals surface area contributed by atoms with Crippen LogP contribution < -0.4 is 10.3 Å². The summed E-state index contributed by atoms with van der Waals surface area (Å²) in [6.45, 7) is 0.954. The Hall–Kier alpha value is -1.38. The van der Waals surface area contributed by atoms with Gasteiger partial charge in [-0.2, -0.15) is 0 Å². The van der Waals surface area contributed by atoms with Gasteiger partial charge < -0.3 is 9.88 Å². The molecule has 0 saturated heterocycles. The van der Waals surface area contributed by atoms with Crippen LogP contribution in [0.15, 0.2) is 46.1 Å². The molecule has 1 heterocycles. The van der Waals surface area contributed by atoms with Crippen LogP contribution >= 0.6 is 24.0 Å². The van der Waals surface area contributed by atoms with E-state index in [0.717, 1.165) is 5.56 Å². The summed E-state index contributed by atoms with van der Waals surface area (Å²) in [5, 5.41) is 0. The van der Waals surface area contributed by atoms with Crippen LogP contribution in [0.4, 0.5) is 0 Å². The van der Waals surface area contributed by atoms with E-state index in [4.69, 9.17) is 11.6 Å². The zero-order valence-corrected chi connectivity index (χ0v) is 16.3. The summed E-state index contributed by atoms with van der Waals surface area (Å²) >= 11 is 5.67. The third kappa shape index (κ3) is 5.83. The van der Waals surface area contributed by atoms with Gasteiger partial charge in [-0.05, 0) is 37.9 Å². The van der Waals surface area contributed by atoms with Crippen molar-refractivity contribution in [2.75, 3.05) is 27.2 Å². The Morgan fingerprint density at radius 2 is 1.76 bits per heavy atom. The molecule has 0 amide bonds. The summed E-state index contributed by atoms with van der Waals surface area (Å²) in [4.78, 5) is 16.6. The number of aromatic amines is 1. The molecule has 138 valence electrons. The second kappa shape index (κ2) is 9.35. The van der Waals surface area contributed by atoms with Crippen LogP contribution in [0, 0.1) is 0 Å². The predicted octanol–water partition coefficient (Wildman–Crippen LogP) is 2.04. The first kappa shape index (κ1) is 21.7. The van der Waals surface area contributed by atoms with Gasteiger partial charge in [0, 0.05) is 24.3 Å². The van der Waals surface area contributed by atoms with E-state index in [1.54, 1.807) is 24.3 Å². The Balaban J connectivity index is 0.00000312. The fourth-order valence-corrected chi connectivity index (χ4v) is 3.31. The number of likely N-dealkylation sites (N-methyl/N-ethyl adjacent to an activating group) is 1. The van der Waals surface area contributed by atoms with Gasteiger partial charge in [0.05, 0.1) is 10.8 Å². The fourth-order valence-electron chi connectivity index (χ4n) is 2.08. The van der Waals surface area contributed by atoms with Crippen molar-refractivity contribution >= 4 is 34.0 Å². The summed E-state index contributed by atoms with van der Waals surface area (Å²) < 4.78 is 26.9. The van der Waals surface area contributed by atoms with Crippen molar-refractivity contribution in [2.45, 2.75) is 10.8 Å². The monoisotopic (exact) mass is 405 g/mol. The molecule has 0 aliphatic rings. The molecule has 1 aromatic carbocycles. The van der Waals surface area contributed by atoms with E-state index in [9.17, 15) is 13.2 Å². The lowest BCUT2D eigenvalue weighted by Crippen LogP contribution is -2.31. The normalized spacial score (nSPS) is 11.4. The van der Waals surface area contributed by atoms with E-state index in [-0.39, 0.29) is 28.7 Å². The molecule has 2 N–H and O–H groups in total. The Morgan fingerprint density at radius 3 is 2.28 bits per heavy atom. The van der Waals surface area contributed by atoms with Gasteiger partial charge in [-0.25, -0.2) is 13.1 Å². The summed E-state index contributed by atoms with van der Waals surface area (Å²) in [7, 11) is 0.209. The number of sulfonamides is 1. The lowest BCUT2D eigenvalue weighted by molar-refractivity contribution is 0.412. The number of hydrogen-bond donors (Lipinski definition) is 2. The molecule has 0 atom stereocenters. The number of aromatic nitrogens is 1. The molecule has 0 aliphatic carbocycles. The number of benzene rings is 1. The topological polar surface area (TPSA) is 82.3 Å². The number of rotatable bonds is 7. The maximum absolute atomic E-state index is 12.2. The molecule has 1 aromatic heterocycles. The minimum absolute atomic E-state index is 0. The maximum atomic E-state index is 12.2. The summed E-state index contributed by atoms with van der Waals surface area (Å²) in [5.74, 6) is 0.144. The Bertz CT molecular complexity index is 850. The average molecular weight is 406 g/mol. The van der Waals surface area contributed by atoms with Crippen LogP contribution in [0.1, 0.15) is 5.56 Å². The molecule has 0 bridgehead atoms. The first-order valence-corrected chi connectivity index (χ1v) is 9.38. The molecule has 25 heavy (non-hydrogen) atoms. The van der Waals surface area contributed by atoms with Gasteiger partial charge in [0.1, 0.15) is 0 Å². The third-order valence-electron chi connectivity index (χ3n) is 3.46. The van der Waals surface area contributed by atoms with Crippen molar-refractivity contribution in [2.24, 2.45) is 0 Å². The van der Waals surface area contributed by atoms with Crippen LogP contribution in [0.5, 0.6) is 0 Å². The minimum atomic E-state index is -3.54. The largest absolute Gasteiger partial charge is 0.322 e. The van der Waals surface area contributed by atoms with E-state index < -0.39 is 10.0 Å². The predicted molar refractivity (Wildman–Crippen MR) is 103 cm³/mol. The van der Waals surface area contributed by atoms with Gasteiger partial charge >= 0.3 is 0 Å². The van der Waals surface area contributed by atoms with E-state index in [2.05, 4.69) is 9.71 Å². The summed E-state index contributed by atoms with van der Waals surface area (Å²) in [5.41, 5.74) is 1.58. The van der Waals surface area contributed by atoms with Gasteiger partial charge in [-0.15, -0.1) is 24.0 Å². The molecule has 0 saturated carbocycles. The number of H-pyrrole nitrogens is 1. The Labute approximate surface area is 158 Å². The fraction of sp³-hybridized carbons (Fsp3) is 0.312. The molecule has 0 fully saturated rings. The standard InChI is InChI=1S/C16H20ClN3O3S.ClH/c1-20(2)10-9-18-24(22,23)14-6-3-12(4-7-14)15-8-5-13(11-17)16(21)19-15;/h3-8,18H,9-11H2,1-2H3,(H,19,21);1H. The van der Waals surface area contributed by atoms with E-state index in [0.29, 0.717) is 24.3 Å². The molecule has 6 nitrogen and oxygen atoms in total. The van der Waals surface area contributed by atoms with Crippen LogP contribution in [-0.4, -0.2) is 45.5 Å². The van der Waals surface area contributed by atoms with Crippen molar-refractivity contribution in [3.63, 3.8) is 0 Å². The molecule has 0 spiro atoms. The van der Waals surface area contributed by atoms with E-state index in [1.165, 1.54) is 12.1 Å². The zero-order chi connectivity index (χ0) is 17.7. The second-order valence-corrected chi connectivity index (χ2v) is 7.62. The number of pyridine rings is 1. The highest BCUT2D eigenvalue weighted by atomic mass is 35.5. The molecule has 0 unspecified atom stereocenters. The van der Waals surface area contributed by atoms with Crippen LogP contribution in [-0.2, 0) is 15.9 Å². The molecule has 9 heteroatoms. The van der Waals surface area contributed by atoms with Gasteiger partial charge in [-0.3, -0.25) is 4.79 Å². The lowest BCUT2D eigenvalue weighted by atomic mass is 10.1. The maximum Gasteiger partial charge on any atom is 0.252 e. The van der Waals surface area contributed by atoms with Crippen molar-refractivity contribution < 1.29 is 8.42 Å². The molecule has 2 rings (SSSR count). The van der Waals surface area contributed by atoms with Gasteiger partial charge in [-0.1, -0.05) is 18.2 Å². The van der Waals surface area contributed by atoms with Crippen molar-refractivity contribution in [3.05, 3.63) is 52.3 Å². The number of halogens is 2. The number of nitrogens with zero attached hydrogens (tertiary/aromatic N) is 1. The first-order valence-electron chi connectivity index (χ1n) is 7.36. The zero-order valence-electron chi connectivity index (χ0n) is 14.0. The molecule has 0 aliphatic heterocycles. The highest BCUT2D eigenvalue weighted by Crippen LogP contribution is 2.19. The first-order chi connectivity index (χ1) is 11.3. The number of nitrogens with one attached hydrogen (secondary N) is 2. The van der Waals surface area contributed by atoms with Gasteiger partial charge in [0.2, 0.25) is 10.0 Å². The Morgan fingerprint density at radius 1 is 1.12 bits per heavy atom. The Kier molecular flexibility index (Phi) is 8.11.